The molecule has 0 saturated heterocycles. The van der Waals surface area contributed by atoms with Crippen molar-refractivity contribution in [2.75, 3.05) is 7.05 Å². The number of benzene rings is 2. The van der Waals surface area contributed by atoms with Crippen molar-refractivity contribution in [3.63, 3.8) is 0 Å². The molecule has 0 bridgehead atoms. The topological polar surface area (TPSA) is 66.5 Å². The SMILES string of the molecule is CN(Cc1ccc(Cl)cc1)C(=O)c1ccc(F)c(S(=O)(=O)NC2CC2)c1. The standard InChI is InChI=1S/C18H18ClFN2O3S/c1-22(11-12-2-5-14(19)6-3-12)18(23)13-4-9-16(20)17(10-13)26(24,25)21-15-7-8-15/h2-6,9-10,15,21H,7-8,11H2,1H3. The molecule has 0 atom stereocenters. The molecule has 1 aliphatic carbocycles. The summed E-state index contributed by atoms with van der Waals surface area (Å²) in [6.45, 7) is 0.315. The number of nitrogens with one attached hydrogen (secondary N) is 1. The molecule has 138 valence electrons. The Morgan fingerprint density at radius 3 is 2.50 bits per heavy atom. The average molecular weight is 397 g/mol. The molecule has 8 heteroatoms. The highest BCUT2D eigenvalue weighted by atomic mass is 35.5. The van der Waals surface area contributed by atoms with Crippen molar-refractivity contribution in [2.24, 2.45) is 0 Å². The minimum absolute atomic E-state index is 0.110. The molecule has 0 heterocycles. The van der Waals surface area contributed by atoms with Crippen LogP contribution in [0.25, 0.3) is 0 Å². The number of nitrogens with zero attached hydrogens (tertiary/aromatic N) is 1. The monoisotopic (exact) mass is 396 g/mol. The Hall–Kier alpha value is -1.96. The minimum atomic E-state index is -3.98. The summed E-state index contributed by atoms with van der Waals surface area (Å²) in [4.78, 5) is 13.5. The third-order valence-corrected chi connectivity index (χ3v) is 5.83. The van der Waals surface area contributed by atoms with Crippen LogP contribution in [0.2, 0.25) is 5.02 Å². The maximum atomic E-state index is 14.0. The van der Waals surface area contributed by atoms with Gasteiger partial charge in [-0.25, -0.2) is 17.5 Å². The van der Waals surface area contributed by atoms with E-state index in [-0.39, 0.29) is 11.6 Å². The molecule has 1 N–H and O–H groups in total. The lowest BCUT2D eigenvalue weighted by Gasteiger charge is -2.18. The van der Waals surface area contributed by atoms with Gasteiger partial charge in [-0.2, -0.15) is 0 Å². The molecule has 0 spiro atoms. The highest BCUT2D eigenvalue weighted by Crippen LogP contribution is 2.24. The fourth-order valence-corrected chi connectivity index (χ4v) is 4.02. The van der Waals surface area contributed by atoms with Gasteiger partial charge in [0.15, 0.2) is 0 Å². The van der Waals surface area contributed by atoms with E-state index in [4.69, 9.17) is 11.6 Å². The summed E-state index contributed by atoms with van der Waals surface area (Å²) in [5.74, 6) is -1.28. The Balaban J connectivity index is 1.80. The van der Waals surface area contributed by atoms with Gasteiger partial charge in [0.2, 0.25) is 10.0 Å². The van der Waals surface area contributed by atoms with Crippen LogP contribution in [0.4, 0.5) is 4.39 Å². The molecular weight excluding hydrogens is 379 g/mol. The van der Waals surface area contributed by atoms with E-state index in [1.54, 1.807) is 31.3 Å². The third kappa shape index (κ3) is 4.41. The molecule has 26 heavy (non-hydrogen) atoms. The van der Waals surface area contributed by atoms with Crippen molar-refractivity contribution < 1.29 is 17.6 Å². The summed E-state index contributed by atoms with van der Waals surface area (Å²) in [6.07, 6.45) is 1.48. The number of carbonyl (C=O) groups excluding carboxylic acids is 1. The Bertz CT molecular complexity index is 928. The van der Waals surface area contributed by atoms with Gasteiger partial charge >= 0.3 is 0 Å². The first-order valence-electron chi connectivity index (χ1n) is 8.08. The molecule has 0 aliphatic heterocycles. The number of halogens is 2. The van der Waals surface area contributed by atoms with Crippen molar-refractivity contribution in [2.45, 2.75) is 30.3 Å². The van der Waals surface area contributed by atoms with E-state index < -0.39 is 26.6 Å². The molecular formula is C18H18ClFN2O3S. The third-order valence-electron chi connectivity index (χ3n) is 4.05. The second-order valence-corrected chi connectivity index (χ2v) is 8.45. The number of amides is 1. The van der Waals surface area contributed by atoms with Gasteiger partial charge in [-0.1, -0.05) is 23.7 Å². The molecule has 1 saturated carbocycles. The average Bonchev–Trinajstić information content (AvgIpc) is 3.39. The largest absolute Gasteiger partial charge is 0.337 e. The summed E-state index contributed by atoms with van der Waals surface area (Å²) in [5.41, 5.74) is 0.981. The second-order valence-electron chi connectivity index (χ2n) is 6.33. The van der Waals surface area contributed by atoms with Crippen LogP contribution in [-0.4, -0.2) is 32.3 Å². The normalized spacial score (nSPS) is 14.3. The van der Waals surface area contributed by atoms with Gasteiger partial charge in [-0.15, -0.1) is 0 Å². The number of hydrogen-bond donors (Lipinski definition) is 1. The van der Waals surface area contributed by atoms with Crippen LogP contribution in [0.1, 0.15) is 28.8 Å². The zero-order valence-electron chi connectivity index (χ0n) is 14.1. The Labute approximate surface area is 156 Å². The van der Waals surface area contributed by atoms with E-state index in [9.17, 15) is 17.6 Å². The van der Waals surface area contributed by atoms with E-state index in [2.05, 4.69) is 4.72 Å². The summed E-state index contributed by atoms with van der Waals surface area (Å²) >= 11 is 5.84. The Kier molecular flexibility index (Phi) is 5.32. The lowest BCUT2D eigenvalue weighted by Crippen LogP contribution is -2.28. The molecule has 3 rings (SSSR count). The molecule has 2 aromatic rings. The van der Waals surface area contributed by atoms with Gasteiger partial charge in [0.1, 0.15) is 10.7 Å². The highest BCUT2D eigenvalue weighted by Gasteiger charge is 2.30. The van der Waals surface area contributed by atoms with Crippen molar-refractivity contribution in [3.05, 3.63) is 64.4 Å². The van der Waals surface area contributed by atoms with Crippen LogP contribution >= 0.6 is 11.6 Å². The molecule has 0 radical (unpaired) electrons. The predicted octanol–water partition coefficient (Wildman–Crippen LogP) is 3.19. The van der Waals surface area contributed by atoms with E-state index in [0.29, 0.717) is 11.6 Å². The summed E-state index contributed by atoms with van der Waals surface area (Å²) in [7, 11) is -2.39. The predicted molar refractivity (Wildman–Crippen MR) is 97.0 cm³/mol. The van der Waals surface area contributed by atoms with E-state index in [1.807, 2.05) is 0 Å². The smallest absolute Gasteiger partial charge is 0.253 e. The van der Waals surface area contributed by atoms with Crippen LogP contribution < -0.4 is 4.72 Å². The summed E-state index contributed by atoms with van der Waals surface area (Å²) in [6, 6.07) is 10.3. The zero-order valence-corrected chi connectivity index (χ0v) is 15.6. The molecule has 1 fully saturated rings. The van der Waals surface area contributed by atoms with Crippen LogP contribution in [0.15, 0.2) is 47.4 Å². The first-order valence-corrected chi connectivity index (χ1v) is 9.94. The number of rotatable bonds is 6. The zero-order chi connectivity index (χ0) is 18.9. The summed E-state index contributed by atoms with van der Waals surface area (Å²) < 4.78 is 41.0. The van der Waals surface area contributed by atoms with Gasteiger partial charge in [-0.3, -0.25) is 4.79 Å². The van der Waals surface area contributed by atoms with E-state index in [0.717, 1.165) is 30.5 Å². The van der Waals surface area contributed by atoms with Gasteiger partial charge < -0.3 is 4.90 Å². The highest BCUT2D eigenvalue weighted by molar-refractivity contribution is 7.89. The summed E-state index contributed by atoms with van der Waals surface area (Å²) in [5, 5.41) is 0.597. The quantitative estimate of drug-likeness (QED) is 0.815. The van der Waals surface area contributed by atoms with Crippen molar-refractivity contribution in [1.82, 2.24) is 9.62 Å². The molecule has 5 nitrogen and oxygen atoms in total. The molecule has 0 unspecified atom stereocenters. The van der Waals surface area contributed by atoms with Crippen LogP contribution in [0.5, 0.6) is 0 Å². The lowest BCUT2D eigenvalue weighted by atomic mass is 10.1. The first-order chi connectivity index (χ1) is 12.3. The van der Waals surface area contributed by atoms with E-state index >= 15 is 0 Å². The van der Waals surface area contributed by atoms with Crippen molar-refractivity contribution in [3.8, 4) is 0 Å². The fourth-order valence-electron chi connectivity index (χ4n) is 2.48. The second kappa shape index (κ2) is 7.34. The van der Waals surface area contributed by atoms with Gasteiger partial charge in [-0.05, 0) is 48.7 Å². The number of sulfonamides is 1. The van der Waals surface area contributed by atoms with Gasteiger partial charge in [0.05, 0.1) is 0 Å². The minimum Gasteiger partial charge on any atom is -0.337 e. The van der Waals surface area contributed by atoms with E-state index in [1.165, 1.54) is 11.0 Å². The maximum absolute atomic E-state index is 14.0. The van der Waals surface area contributed by atoms with Gasteiger partial charge in [0.25, 0.3) is 5.91 Å². The van der Waals surface area contributed by atoms with Crippen LogP contribution in [-0.2, 0) is 16.6 Å². The van der Waals surface area contributed by atoms with Crippen LogP contribution in [0, 0.1) is 5.82 Å². The molecule has 0 aromatic heterocycles. The molecule has 1 aliphatic rings. The maximum Gasteiger partial charge on any atom is 0.253 e. The fraction of sp³-hybridized carbons (Fsp3) is 0.278. The lowest BCUT2D eigenvalue weighted by molar-refractivity contribution is 0.0785. The molecule has 1 amide bonds. The first kappa shape index (κ1) is 18.8. The van der Waals surface area contributed by atoms with Gasteiger partial charge in [0, 0.05) is 30.2 Å². The Morgan fingerprint density at radius 2 is 1.88 bits per heavy atom. The Morgan fingerprint density at radius 1 is 1.23 bits per heavy atom. The number of carbonyl (C=O) groups is 1. The van der Waals surface area contributed by atoms with Crippen LogP contribution in [0.3, 0.4) is 0 Å². The van der Waals surface area contributed by atoms with Crippen molar-refractivity contribution >= 4 is 27.5 Å². The van der Waals surface area contributed by atoms with Crippen molar-refractivity contribution in [1.29, 1.82) is 0 Å². The molecule has 2 aromatic carbocycles. The number of hydrogen-bond acceptors (Lipinski definition) is 3.